The molecule has 1 heterocycles. The van der Waals surface area contributed by atoms with Crippen molar-refractivity contribution in [2.75, 3.05) is 44.8 Å². The number of anilines is 1. The Hall–Kier alpha value is -4.26. The fourth-order valence-electron chi connectivity index (χ4n) is 3.71. The number of rotatable bonds is 11. The normalized spacial score (nSPS) is 12.9. The highest BCUT2D eigenvalue weighted by Crippen LogP contribution is 2.30. The minimum atomic E-state index is -0.587. The minimum Gasteiger partial charge on any atom is -0.489 e. The molecule has 0 atom stereocenters. The van der Waals surface area contributed by atoms with E-state index in [1.165, 1.54) is 0 Å². The topological polar surface area (TPSA) is 101 Å². The van der Waals surface area contributed by atoms with Crippen molar-refractivity contribution in [3.05, 3.63) is 78.4 Å². The van der Waals surface area contributed by atoms with Gasteiger partial charge in [0.1, 0.15) is 24.7 Å². The lowest BCUT2D eigenvalue weighted by Crippen LogP contribution is -2.44. The van der Waals surface area contributed by atoms with Gasteiger partial charge in [0.05, 0.1) is 18.8 Å². The zero-order valence-corrected chi connectivity index (χ0v) is 21.7. The van der Waals surface area contributed by atoms with Crippen LogP contribution in [0.2, 0.25) is 0 Å². The van der Waals surface area contributed by atoms with Crippen molar-refractivity contribution in [3.8, 4) is 23.3 Å². The minimum absolute atomic E-state index is 0.185. The van der Waals surface area contributed by atoms with Gasteiger partial charge < -0.3 is 19.5 Å². The first-order valence-electron chi connectivity index (χ1n) is 12.3. The van der Waals surface area contributed by atoms with Gasteiger partial charge in [-0.05, 0) is 30.7 Å². The molecule has 0 aromatic heterocycles. The van der Waals surface area contributed by atoms with Crippen molar-refractivity contribution in [2.45, 2.75) is 19.9 Å². The Morgan fingerprint density at radius 1 is 1.03 bits per heavy atom. The molecule has 0 unspecified atom stereocenters. The zero-order valence-electron chi connectivity index (χ0n) is 21.7. The van der Waals surface area contributed by atoms with Crippen LogP contribution in [-0.4, -0.2) is 56.4 Å². The van der Waals surface area contributed by atoms with Gasteiger partial charge in [-0.25, -0.2) is 10.2 Å². The van der Waals surface area contributed by atoms with E-state index in [0.717, 1.165) is 38.4 Å². The maximum Gasteiger partial charge on any atom is 0.337 e. The highest BCUT2D eigenvalue weighted by molar-refractivity contribution is 5.99. The van der Waals surface area contributed by atoms with Gasteiger partial charge in [0.2, 0.25) is 0 Å². The van der Waals surface area contributed by atoms with E-state index in [2.05, 4.69) is 46.1 Å². The first-order chi connectivity index (χ1) is 18.5. The number of amides is 3. The molecular weight excluding hydrogens is 484 g/mol. The number of carbonyl (C=O) groups is 2. The summed E-state index contributed by atoms with van der Waals surface area (Å²) in [4.78, 5) is 27.8. The Balaban J connectivity index is 1.63. The second kappa shape index (κ2) is 15.1. The zero-order chi connectivity index (χ0) is 27.2. The van der Waals surface area contributed by atoms with Crippen molar-refractivity contribution in [1.29, 1.82) is 0 Å². The monoisotopic (exact) mass is 518 g/mol. The molecule has 38 heavy (non-hydrogen) atoms. The predicted octanol–water partition coefficient (Wildman–Crippen LogP) is 3.68. The predicted molar refractivity (Wildman–Crippen MR) is 147 cm³/mol. The van der Waals surface area contributed by atoms with Gasteiger partial charge in [-0.3, -0.25) is 15.1 Å². The third kappa shape index (κ3) is 8.69. The van der Waals surface area contributed by atoms with Crippen LogP contribution in [0.3, 0.4) is 0 Å². The van der Waals surface area contributed by atoms with Crippen molar-refractivity contribution in [1.82, 2.24) is 15.8 Å². The second-order valence-corrected chi connectivity index (χ2v) is 8.38. The smallest absolute Gasteiger partial charge is 0.337 e. The SMILES string of the molecule is C=CCOc1cc(OCC=C)c(C(=O)NNC(=O)Nc2ccc(CN3CCOCC3)cc2)cc1CC#CC. The van der Waals surface area contributed by atoms with Crippen molar-refractivity contribution in [2.24, 2.45) is 0 Å². The van der Waals surface area contributed by atoms with Crippen LogP contribution in [-0.2, 0) is 17.7 Å². The summed E-state index contributed by atoms with van der Waals surface area (Å²) in [6.07, 6.45) is 3.57. The lowest BCUT2D eigenvalue weighted by Gasteiger charge is -2.26. The van der Waals surface area contributed by atoms with Crippen LogP contribution in [0.1, 0.15) is 28.4 Å². The van der Waals surface area contributed by atoms with Crippen LogP contribution < -0.4 is 25.6 Å². The molecule has 1 fully saturated rings. The van der Waals surface area contributed by atoms with Gasteiger partial charge in [0, 0.05) is 43.4 Å². The summed E-state index contributed by atoms with van der Waals surface area (Å²) in [7, 11) is 0. The molecule has 0 aliphatic carbocycles. The summed E-state index contributed by atoms with van der Waals surface area (Å²) in [5, 5.41) is 2.71. The molecule has 0 radical (unpaired) electrons. The molecule has 0 bridgehead atoms. The number of hydrogen-bond acceptors (Lipinski definition) is 6. The third-order valence-corrected chi connectivity index (χ3v) is 5.59. The standard InChI is InChI=1S/C29H34N4O5/c1-4-7-8-23-19-25(27(38-16-6-3)20-26(23)37-15-5-2)28(34)31-32-29(35)30-24-11-9-22(10-12-24)21-33-13-17-36-18-14-33/h5-6,9-12,19-20H,2-3,8,13-18,21H2,1H3,(H,31,34)(H2,30,32,35). The molecule has 9 nitrogen and oxygen atoms in total. The summed E-state index contributed by atoms with van der Waals surface area (Å²) in [6.45, 7) is 13.7. The number of benzene rings is 2. The molecule has 3 N–H and O–H groups in total. The number of urea groups is 1. The van der Waals surface area contributed by atoms with E-state index in [1.807, 2.05) is 24.3 Å². The van der Waals surface area contributed by atoms with E-state index in [9.17, 15) is 9.59 Å². The number of hydrazine groups is 1. The van der Waals surface area contributed by atoms with Gasteiger partial charge >= 0.3 is 6.03 Å². The molecule has 2 aromatic rings. The van der Waals surface area contributed by atoms with E-state index in [4.69, 9.17) is 14.2 Å². The van der Waals surface area contributed by atoms with E-state index in [-0.39, 0.29) is 24.5 Å². The lowest BCUT2D eigenvalue weighted by atomic mass is 10.0. The van der Waals surface area contributed by atoms with Crippen molar-refractivity contribution >= 4 is 17.6 Å². The van der Waals surface area contributed by atoms with Crippen LogP contribution >= 0.6 is 0 Å². The number of ether oxygens (including phenoxy) is 3. The number of nitrogens with zero attached hydrogens (tertiary/aromatic N) is 1. The quantitative estimate of drug-likeness (QED) is 0.238. The molecule has 0 saturated carbocycles. The van der Waals surface area contributed by atoms with E-state index < -0.39 is 11.9 Å². The van der Waals surface area contributed by atoms with E-state index in [0.29, 0.717) is 23.4 Å². The summed E-state index contributed by atoms with van der Waals surface area (Å²) in [5.74, 6) is 6.09. The van der Waals surface area contributed by atoms with Crippen LogP contribution in [0, 0.1) is 11.8 Å². The van der Waals surface area contributed by atoms with Gasteiger partial charge in [-0.1, -0.05) is 43.4 Å². The Labute approximate surface area is 223 Å². The van der Waals surface area contributed by atoms with Crippen LogP contribution in [0.4, 0.5) is 10.5 Å². The van der Waals surface area contributed by atoms with Gasteiger partial charge in [0.25, 0.3) is 5.91 Å². The summed E-state index contributed by atoms with van der Waals surface area (Å²) in [5.41, 5.74) is 7.48. The summed E-state index contributed by atoms with van der Waals surface area (Å²) >= 11 is 0. The molecule has 1 aliphatic rings. The molecule has 0 spiro atoms. The molecule has 200 valence electrons. The average molecular weight is 519 g/mol. The first-order valence-corrected chi connectivity index (χ1v) is 12.3. The highest BCUT2D eigenvalue weighted by Gasteiger charge is 2.18. The number of hydrogen-bond donors (Lipinski definition) is 3. The molecule has 3 rings (SSSR count). The maximum atomic E-state index is 13.0. The fraction of sp³-hybridized carbons (Fsp3) is 0.310. The maximum absolute atomic E-state index is 13.0. The van der Waals surface area contributed by atoms with Crippen LogP contribution in [0.15, 0.2) is 61.7 Å². The van der Waals surface area contributed by atoms with E-state index >= 15 is 0 Å². The van der Waals surface area contributed by atoms with Crippen LogP contribution in [0.25, 0.3) is 0 Å². The Morgan fingerprint density at radius 3 is 2.37 bits per heavy atom. The van der Waals surface area contributed by atoms with Gasteiger partial charge in [-0.2, -0.15) is 0 Å². The van der Waals surface area contributed by atoms with Gasteiger partial charge in [-0.15, -0.1) is 5.92 Å². The molecule has 1 saturated heterocycles. The molecule has 1 aliphatic heterocycles. The lowest BCUT2D eigenvalue weighted by molar-refractivity contribution is 0.0342. The Morgan fingerprint density at radius 2 is 1.71 bits per heavy atom. The average Bonchev–Trinajstić information content (AvgIpc) is 2.94. The number of morpholine rings is 1. The molecule has 2 aromatic carbocycles. The number of nitrogens with one attached hydrogen (secondary N) is 3. The largest absolute Gasteiger partial charge is 0.489 e. The number of carbonyl (C=O) groups excluding carboxylic acids is 2. The molecular formula is C29H34N4O5. The fourth-order valence-corrected chi connectivity index (χ4v) is 3.71. The van der Waals surface area contributed by atoms with E-state index in [1.54, 1.807) is 31.2 Å². The highest BCUT2D eigenvalue weighted by atomic mass is 16.5. The summed E-state index contributed by atoms with van der Waals surface area (Å²) in [6, 6.07) is 10.3. The van der Waals surface area contributed by atoms with Crippen molar-refractivity contribution in [3.63, 3.8) is 0 Å². The Bertz CT molecular complexity index is 1180. The Kier molecular flexibility index (Phi) is 11.2. The van der Waals surface area contributed by atoms with Gasteiger partial charge in [0.15, 0.2) is 0 Å². The summed E-state index contributed by atoms with van der Waals surface area (Å²) < 4.78 is 16.8. The third-order valence-electron chi connectivity index (χ3n) is 5.59. The molecule has 9 heteroatoms. The van der Waals surface area contributed by atoms with Crippen LogP contribution in [0.5, 0.6) is 11.5 Å². The van der Waals surface area contributed by atoms with Crippen molar-refractivity contribution < 1.29 is 23.8 Å². The molecule has 3 amide bonds. The second-order valence-electron chi connectivity index (χ2n) is 8.38. The first kappa shape index (κ1) is 28.3.